The van der Waals surface area contributed by atoms with Crippen LogP contribution < -0.4 is 0 Å². The molecule has 0 bridgehead atoms. The number of aromatic nitrogens is 2. The molecule has 3 heterocycles. The fourth-order valence-corrected chi connectivity index (χ4v) is 5.36. The van der Waals surface area contributed by atoms with Gasteiger partial charge >= 0.3 is 0 Å². The predicted molar refractivity (Wildman–Crippen MR) is 98.3 cm³/mol. The van der Waals surface area contributed by atoms with E-state index in [-0.39, 0.29) is 24.0 Å². The van der Waals surface area contributed by atoms with Crippen molar-refractivity contribution in [3.05, 3.63) is 40.3 Å². The van der Waals surface area contributed by atoms with E-state index in [1.807, 2.05) is 24.6 Å². The summed E-state index contributed by atoms with van der Waals surface area (Å²) < 4.78 is 25.9. The highest BCUT2D eigenvalue weighted by Crippen LogP contribution is 2.27. The maximum absolute atomic E-state index is 12.7. The average molecular weight is 382 g/mol. The molecule has 25 heavy (non-hydrogen) atoms. The first kappa shape index (κ1) is 18.1. The molecule has 0 radical (unpaired) electrons. The lowest BCUT2D eigenvalue weighted by atomic mass is 10.1. The van der Waals surface area contributed by atoms with Crippen molar-refractivity contribution >= 4 is 27.1 Å². The summed E-state index contributed by atoms with van der Waals surface area (Å²) in [5.74, 6) is 0.0574. The van der Waals surface area contributed by atoms with E-state index in [1.54, 1.807) is 27.1 Å². The van der Waals surface area contributed by atoms with Crippen LogP contribution in [0.25, 0.3) is 0 Å². The molecule has 0 spiro atoms. The van der Waals surface area contributed by atoms with Crippen molar-refractivity contribution < 1.29 is 13.2 Å². The van der Waals surface area contributed by atoms with Gasteiger partial charge in [0.05, 0.1) is 23.7 Å². The van der Waals surface area contributed by atoms with Gasteiger partial charge in [-0.3, -0.25) is 9.48 Å². The first-order chi connectivity index (χ1) is 12.0. The minimum atomic E-state index is -3.13. The van der Waals surface area contributed by atoms with Crippen LogP contribution in [0.3, 0.4) is 0 Å². The Morgan fingerprint density at radius 3 is 2.96 bits per heavy atom. The number of rotatable bonds is 6. The lowest BCUT2D eigenvalue weighted by Gasteiger charge is -2.35. The molecule has 1 aliphatic heterocycles. The van der Waals surface area contributed by atoms with Gasteiger partial charge in [-0.25, -0.2) is 8.42 Å². The van der Waals surface area contributed by atoms with E-state index < -0.39 is 15.9 Å². The number of hydrogen-bond donors (Lipinski definition) is 0. The summed E-state index contributed by atoms with van der Waals surface area (Å²) in [5, 5.41) is 6.27. The maximum atomic E-state index is 12.7. The molecule has 2 aromatic heterocycles. The molecule has 1 saturated heterocycles. The average Bonchev–Trinajstić information content (AvgIpc) is 3.25. The van der Waals surface area contributed by atoms with E-state index in [0.717, 1.165) is 18.4 Å². The predicted octanol–water partition coefficient (Wildman–Crippen LogP) is 2.29. The monoisotopic (exact) mass is 381 g/mol. The minimum absolute atomic E-state index is 0.0148. The quantitative estimate of drug-likeness (QED) is 0.770. The van der Waals surface area contributed by atoms with Crippen molar-refractivity contribution in [2.24, 2.45) is 0 Å². The lowest BCUT2D eigenvalue weighted by Crippen LogP contribution is -2.46. The zero-order valence-corrected chi connectivity index (χ0v) is 15.9. The summed E-state index contributed by atoms with van der Waals surface area (Å²) >= 11 is 1.70. The summed E-state index contributed by atoms with van der Waals surface area (Å²) in [5.41, 5.74) is 0.803. The van der Waals surface area contributed by atoms with Crippen LogP contribution in [0.1, 0.15) is 36.2 Å². The molecular weight excluding hydrogens is 358 g/mol. The molecule has 0 N–H and O–H groups in total. The molecule has 0 aliphatic carbocycles. The SMILES string of the molecule is CCn1cc([C@@H]2CS(=O)(=O)CCN2C(=O)CCCc2cccs2)cn1. The molecule has 1 atom stereocenters. The molecule has 2 aromatic rings. The van der Waals surface area contributed by atoms with E-state index in [4.69, 9.17) is 0 Å². The number of amides is 1. The Hall–Kier alpha value is -1.67. The molecule has 1 amide bonds. The van der Waals surface area contributed by atoms with Gasteiger partial charge < -0.3 is 4.90 Å². The van der Waals surface area contributed by atoms with Gasteiger partial charge in [0.25, 0.3) is 0 Å². The number of carbonyl (C=O) groups is 1. The highest BCUT2D eigenvalue weighted by molar-refractivity contribution is 7.91. The minimum Gasteiger partial charge on any atom is -0.333 e. The molecule has 3 rings (SSSR count). The van der Waals surface area contributed by atoms with Crippen molar-refractivity contribution in [1.29, 1.82) is 0 Å². The fraction of sp³-hybridized carbons (Fsp3) is 0.529. The number of nitrogens with zero attached hydrogens (tertiary/aromatic N) is 3. The molecule has 8 heteroatoms. The summed E-state index contributed by atoms with van der Waals surface area (Å²) in [6.07, 6.45) is 5.63. The van der Waals surface area contributed by atoms with Gasteiger partial charge in [-0.2, -0.15) is 5.10 Å². The number of thiophene rings is 1. The van der Waals surface area contributed by atoms with Crippen LogP contribution in [0.4, 0.5) is 0 Å². The van der Waals surface area contributed by atoms with Gasteiger partial charge in [-0.1, -0.05) is 6.07 Å². The Balaban J connectivity index is 1.69. The molecule has 0 unspecified atom stereocenters. The third kappa shape index (κ3) is 4.49. The Morgan fingerprint density at radius 1 is 1.44 bits per heavy atom. The van der Waals surface area contributed by atoms with Gasteiger partial charge in [0, 0.05) is 36.1 Å². The Morgan fingerprint density at radius 2 is 2.28 bits per heavy atom. The van der Waals surface area contributed by atoms with Crippen molar-refractivity contribution in [3.8, 4) is 0 Å². The number of hydrogen-bond acceptors (Lipinski definition) is 5. The van der Waals surface area contributed by atoms with Crippen molar-refractivity contribution in [2.75, 3.05) is 18.1 Å². The Bertz CT molecular complexity index is 812. The topological polar surface area (TPSA) is 72.3 Å². The molecule has 0 saturated carbocycles. The van der Waals surface area contributed by atoms with E-state index in [2.05, 4.69) is 11.2 Å². The molecular formula is C17H23N3O3S2. The van der Waals surface area contributed by atoms with E-state index >= 15 is 0 Å². The van der Waals surface area contributed by atoms with Crippen molar-refractivity contribution in [3.63, 3.8) is 0 Å². The number of carbonyl (C=O) groups excluding carboxylic acids is 1. The zero-order chi connectivity index (χ0) is 17.9. The molecule has 1 aliphatic rings. The Labute approximate surface area is 152 Å². The third-order valence-electron chi connectivity index (χ3n) is 4.51. The van der Waals surface area contributed by atoms with Crippen molar-refractivity contribution in [1.82, 2.24) is 14.7 Å². The standard InChI is InChI=1S/C17H23N3O3S2/c1-2-19-12-14(11-18-19)16-13-25(22,23)10-8-20(16)17(21)7-3-5-15-6-4-9-24-15/h4,6,9,11-12,16H,2-3,5,7-8,10,13H2,1H3/t16-/m0/s1. The third-order valence-corrected chi connectivity index (χ3v) is 7.07. The summed E-state index contributed by atoms with van der Waals surface area (Å²) in [6.45, 7) is 2.96. The van der Waals surface area contributed by atoms with Crippen LogP contribution in [0, 0.1) is 0 Å². The molecule has 0 aromatic carbocycles. The van der Waals surface area contributed by atoms with Gasteiger partial charge in [0.2, 0.25) is 5.91 Å². The number of aryl methyl sites for hydroxylation is 2. The second-order valence-corrected chi connectivity index (χ2v) is 9.54. The first-order valence-electron chi connectivity index (χ1n) is 8.53. The van der Waals surface area contributed by atoms with Crippen LogP contribution in [0.2, 0.25) is 0 Å². The zero-order valence-electron chi connectivity index (χ0n) is 14.3. The highest BCUT2D eigenvalue weighted by Gasteiger charge is 2.35. The van der Waals surface area contributed by atoms with E-state index in [1.165, 1.54) is 4.88 Å². The normalized spacial score (nSPS) is 19.9. The van der Waals surface area contributed by atoms with E-state index in [0.29, 0.717) is 13.0 Å². The lowest BCUT2D eigenvalue weighted by molar-refractivity contribution is -0.133. The Kier molecular flexibility index (Phi) is 5.58. The smallest absolute Gasteiger partial charge is 0.223 e. The summed E-state index contributed by atoms with van der Waals surface area (Å²) in [4.78, 5) is 15.7. The van der Waals surface area contributed by atoms with Crippen LogP contribution in [-0.4, -0.2) is 47.1 Å². The number of sulfone groups is 1. The molecule has 136 valence electrons. The fourth-order valence-electron chi connectivity index (χ4n) is 3.12. The molecule has 1 fully saturated rings. The van der Waals surface area contributed by atoms with Gasteiger partial charge in [0.15, 0.2) is 9.84 Å². The van der Waals surface area contributed by atoms with Gasteiger partial charge in [-0.15, -0.1) is 11.3 Å². The maximum Gasteiger partial charge on any atom is 0.223 e. The largest absolute Gasteiger partial charge is 0.333 e. The van der Waals surface area contributed by atoms with Crippen LogP contribution in [-0.2, 0) is 27.6 Å². The second kappa shape index (κ2) is 7.70. The van der Waals surface area contributed by atoms with Crippen LogP contribution in [0.15, 0.2) is 29.9 Å². The van der Waals surface area contributed by atoms with Gasteiger partial charge in [0.1, 0.15) is 0 Å². The van der Waals surface area contributed by atoms with Crippen molar-refractivity contribution in [2.45, 2.75) is 38.8 Å². The summed E-state index contributed by atoms with van der Waals surface area (Å²) in [7, 11) is -3.13. The molecule has 6 nitrogen and oxygen atoms in total. The van der Waals surface area contributed by atoms with Crippen LogP contribution >= 0.6 is 11.3 Å². The van der Waals surface area contributed by atoms with Gasteiger partial charge in [-0.05, 0) is 31.2 Å². The summed E-state index contributed by atoms with van der Waals surface area (Å²) in [6, 6.07) is 3.66. The second-order valence-electron chi connectivity index (χ2n) is 6.28. The van der Waals surface area contributed by atoms with E-state index in [9.17, 15) is 13.2 Å². The highest BCUT2D eigenvalue weighted by atomic mass is 32.2. The van der Waals surface area contributed by atoms with Crippen LogP contribution in [0.5, 0.6) is 0 Å². The first-order valence-corrected chi connectivity index (χ1v) is 11.2.